The molecule has 17 heteroatoms. The number of nitrogens with one attached hydrogen (secondary N) is 6. The predicted molar refractivity (Wildman–Crippen MR) is 188 cm³/mol. The molecular weight excluding hydrogens is 624 g/mol. The molecular formula is C30H37ClN14O2. The first kappa shape index (κ1) is 34.2. The molecule has 2 aromatic heterocycles. The van der Waals surface area contributed by atoms with Gasteiger partial charge in [-0.2, -0.15) is 29.9 Å². The Morgan fingerprint density at radius 2 is 0.894 bits per heavy atom. The Bertz CT molecular complexity index is 1730. The summed E-state index contributed by atoms with van der Waals surface area (Å²) in [7, 11) is 0. The van der Waals surface area contributed by atoms with Crippen molar-refractivity contribution < 1.29 is 10.2 Å². The number of nitrogens with zero attached hydrogens (tertiary/aromatic N) is 6. The number of aliphatic hydroxyl groups is 2. The minimum atomic E-state index is -0.0703. The smallest absolute Gasteiger partial charge is 0.233 e. The zero-order valence-electron chi connectivity index (χ0n) is 25.3. The van der Waals surface area contributed by atoms with Crippen molar-refractivity contribution in [1.82, 2.24) is 29.9 Å². The number of nitrogen functional groups attached to an aromatic ring is 2. The molecule has 0 atom stereocenters. The molecule has 2 heterocycles. The number of halogens is 1. The van der Waals surface area contributed by atoms with Crippen LogP contribution in [0.25, 0.3) is 0 Å². The molecule has 47 heavy (non-hydrogen) atoms. The van der Waals surface area contributed by atoms with Gasteiger partial charge < -0.3 is 53.6 Å². The minimum Gasteiger partial charge on any atom is -0.399 e. The number of aliphatic hydroxyl groups excluding tert-OH is 2. The zero-order chi connectivity index (χ0) is 32.1. The van der Waals surface area contributed by atoms with Crippen LogP contribution in [0, 0.1) is 0 Å². The summed E-state index contributed by atoms with van der Waals surface area (Å²) in [4.78, 5) is 26.5. The lowest BCUT2D eigenvalue weighted by Crippen LogP contribution is -2.14. The molecule has 0 spiro atoms. The van der Waals surface area contributed by atoms with Gasteiger partial charge in [0.2, 0.25) is 35.7 Å². The normalized spacial score (nSPS) is 10.4. The van der Waals surface area contributed by atoms with E-state index in [0.717, 1.165) is 22.6 Å². The average molecular weight is 661 g/mol. The van der Waals surface area contributed by atoms with Crippen LogP contribution in [-0.2, 0) is 6.42 Å². The molecule has 5 aromatic rings. The van der Waals surface area contributed by atoms with Crippen molar-refractivity contribution in [2.24, 2.45) is 0 Å². The monoisotopic (exact) mass is 660 g/mol. The molecule has 12 N–H and O–H groups in total. The van der Waals surface area contributed by atoms with Gasteiger partial charge in [0.25, 0.3) is 0 Å². The van der Waals surface area contributed by atoms with Crippen molar-refractivity contribution in [3.05, 3.63) is 78.4 Å². The van der Waals surface area contributed by atoms with Crippen LogP contribution in [0.2, 0.25) is 0 Å². The van der Waals surface area contributed by atoms with Gasteiger partial charge in [-0.05, 0) is 60.5 Å². The van der Waals surface area contributed by atoms with E-state index in [4.69, 9.17) is 11.5 Å². The molecule has 0 unspecified atom stereocenters. The lowest BCUT2D eigenvalue weighted by atomic mass is 10.1. The molecule has 0 bridgehead atoms. The fourth-order valence-electron chi connectivity index (χ4n) is 4.19. The maximum Gasteiger partial charge on any atom is 0.233 e. The van der Waals surface area contributed by atoms with Crippen LogP contribution in [0.5, 0.6) is 0 Å². The van der Waals surface area contributed by atoms with Gasteiger partial charge >= 0.3 is 0 Å². The van der Waals surface area contributed by atoms with Crippen molar-refractivity contribution in [2.45, 2.75) is 6.42 Å². The lowest BCUT2D eigenvalue weighted by Gasteiger charge is -2.12. The Labute approximate surface area is 277 Å². The highest BCUT2D eigenvalue weighted by Crippen LogP contribution is 2.21. The van der Waals surface area contributed by atoms with Gasteiger partial charge in [-0.3, -0.25) is 0 Å². The minimum absolute atomic E-state index is 0. The molecule has 0 fully saturated rings. The summed E-state index contributed by atoms with van der Waals surface area (Å²) in [6, 6.07) is 22.4. The van der Waals surface area contributed by atoms with E-state index in [1.807, 2.05) is 48.5 Å². The van der Waals surface area contributed by atoms with E-state index in [2.05, 4.69) is 61.8 Å². The molecule has 0 aliphatic heterocycles. The topological polar surface area (TPSA) is 242 Å². The largest absolute Gasteiger partial charge is 0.399 e. The highest BCUT2D eigenvalue weighted by atomic mass is 35.5. The van der Waals surface area contributed by atoms with E-state index in [1.54, 1.807) is 24.3 Å². The van der Waals surface area contributed by atoms with Crippen LogP contribution in [0.15, 0.2) is 72.8 Å². The Hall–Kier alpha value is -5.71. The van der Waals surface area contributed by atoms with E-state index in [9.17, 15) is 10.2 Å². The van der Waals surface area contributed by atoms with Gasteiger partial charge in [0.05, 0.1) is 13.2 Å². The Balaban J connectivity index is 0.00000500. The number of benzene rings is 3. The van der Waals surface area contributed by atoms with Gasteiger partial charge in [-0.25, -0.2) is 0 Å². The summed E-state index contributed by atoms with van der Waals surface area (Å²) >= 11 is 0. The maximum absolute atomic E-state index is 9.23. The number of nitrogens with two attached hydrogens (primary N) is 2. The van der Waals surface area contributed by atoms with E-state index >= 15 is 0 Å². The standard InChI is InChI=1S/C30H36N14O2.ClH/c31-20-3-1-5-23(17-20)37-29-40-25(39-26(41-29)34-13-15-45)33-12-11-19-7-9-22(10-8-19)36-28-42-27(35-14-16-46)43-30(44-28)38-24-6-2-4-21(32)18-24;/h1-10,17-18,45-46H,11-16,31-32H2,(H3,33,34,37,39,40,41)(H3,35,36,38,42,43,44);1H. The van der Waals surface area contributed by atoms with Gasteiger partial charge in [0, 0.05) is 48.1 Å². The third-order valence-electron chi connectivity index (χ3n) is 6.25. The van der Waals surface area contributed by atoms with Gasteiger partial charge in [0.15, 0.2) is 0 Å². The van der Waals surface area contributed by atoms with Crippen LogP contribution in [0.4, 0.5) is 64.1 Å². The summed E-state index contributed by atoms with van der Waals surface area (Å²) in [5.74, 6) is 1.97. The van der Waals surface area contributed by atoms with Crippen LogP contribution >= 0.6 is 12.4 Å². The third-order valence-corrected chi connectivity index (χ3v) is 6.25. The summed E-state index contributed by atoms with van der Waals surface area (Å²) < 4.78 is 0. The van der Waals surface area contributed by atoms with Crippen LogP contribution in [0.1, 0.15) is 5.56 Å². The van der Waals surface area contributed by atoms with E-state index < -0.39 is 0 Å². The second-order valence-corrected chi connectivity index (χ2v) is 9.91. The first-order valence-corrected chi connectivity index (χ1v) is 14.5. The molecule has 3 aromatic carbocycles. The van der Waals surface area contributed by atoms with Crippen molar-refractivity contribution >= 4 is 76.5 Å². The molecule has 0 saturated heterocycles. The molecule has 246 valence electrons. The van der Waals surface area contributed by atoms with Gasteiger partial charge in [0.1, 0.15) is 0 Å². The number of aromatic nitrogens is 6. The zero-order valence-corrected chi connectivity index (χ0v) is 26.1. The Morgan fingerprint density at radius 1 is 0.489 bits per heavy atom. The quantitative estimate of drug-likeness (QED) is 0.0682. The SMILES string of the molecule is Cl.Nc1cccc(Nc2nc(NCCO)nc(NCCc3ccc(Nc4nc(NCCO)nc(Nc5cccc(N)c5)n4)cc3)n2)c1. The predicted octanol–water partition coefficient (Wildman–Crippen LogP) is 3.34. The van der Waals surface area contributed by atoms with Crippen molar-refractivity contribution in [3.8, 4) is 0 Å². The molecule has 16 nitrogen and oxygen atoms in total. The fraction of sp³-hybridized carbons (Fsp3) is 0.200. The van der Waals surface area contributed by atoms with Gasteiger partial charge in [-0.1, -0.05) is 24.3 Å². The molecule has 0 radical (unpaired) electrons. The summed E-state index contributed by atoms with van der Waals surface area (Å²) in [5, 5.41) is 37.1. The van der Waals surface area contributed by atoms with E-state index in [1.165, 1.54) is 0 Å². The number of hydrogen-bond donors (Lipinski definition) is 10. The lowest BCUT2D eigenvalue weighted by molar-refractivity contribution is 0.310. The Morgan fingerprint density at radius 3 is 1.34 bits per heavy atom. The first-order valence-electron chi connectivity index (χ1n) is 14.5. The van der Waals surface area contributed by atoms with Crippen molar-refractivity contribution in [2.75, 3.05) is 76.2 Å². The molecule has 0 amide bonds. The fourth-order valence-corrected chi connectivity index (χ4v) is 4.19. The second-order valence-electron chi connectivity index (χ2n) is 9.91. The van der Waals surface area contributed by atoms with Crippen LogP contribution < -0.4 is 43.4 Å². The number of rotatable bonds is 16. The van der Waals surface area contributed by atoms with Gasteiger partial charge in [-0.15, -0.1) is 12.4 Å². The Kier molecular flexibility index (Phi) is 12.4. The van der Waals surface area contributed by atoms with Crippen LogP contribution in [0.3, 0.4) is 0 Å². The maximum atomic E-state index is 9.23. The second kappa shape index (κ2) is 17.1. The molecule has 5 rings (SSSR count). The summed E-state index contributed by atoms with van der Waals surface area (Å²) in [6.07, 6.45) is 0.693. The summed E-state index contributed by atoms with van der Waals surface area (Å²) in [5.41, 5.74) is 16.3. The average Bonchev–Trinajstić information content (AvgIpc) is 3.03. The highest BCUT2D eigenvalue weighted by molar-refractivity contribution is 5.85. The molecule has 0 aliphatic carbocycles. The van der Waals surface area contributed by atoms with Crippen LogP contribution in [-0.4, -0.2) is 73.0 Å². The highest BCUT2D eigenvalue weighted by Gasteiger charge is 2.10. The first-order chi connectivity index (χ1) is 22.4. The number of anilines is 11. The molecule has 0 saturated carbocycles. The van der Waals surface area contributed by atoms with Crippen molar-refractivity contribution in [3.63, 3.8) is 0 Å². The molecule has 0 aliphatic rings. The third kappa shape index (κ3) is 10.7. The van der Waals surface area contributed by atoms with Crippen molar-refractivity contribution in [1.29, 1.82) is 0 Å². The van der Waals surface area contributed by atoms with E-state index in [-0.39, 0.29) is 32.2 Å². The summed E-state index contributed by atoms with van der Waals surface area (Å²) in [6.45, 7) is 1.01. The number of hydrogen-bond acceptors (Lipinski definition) is 16. The van der Waals surface area contributed by atoms with E-state index in [0.29, 0.717) is 66.6 Å².